The first kappa shape index (κ1) is 22.8. The summed E-state index contributed by atoms with van der Waals surface area (Å²) < 4.78 is 73.2. The summed E-state index contributed by atoms with van der Waals surface area (Å²) in [6.07, 6.45) is 1.25. The highest BCUT2D eigenvalue weighted by Gasteiger charge is 2.48. The monoisotopic (exact) mass is 476 g/mol. The van der Waals surface area contributed by atoms with Gasteiger partial charge in [0.05, 0.1) is 16.3 Å². The molecule has 1 aliphatic rings. The number of nitrogens with zero attached hydrogens (tertiary/aromatic N) is 1. The van der Waals surface area contributed by atoms with Gasteiger partial charge in [-0.15, -0.1) is 0 Å². The number of pyridine rings is 1. The highest BCUT2D eigenvalue weighted by atomic mass is 32.2. The van der Waals surface area contributed by atoms with E-state index in [0.717, 1.165) is 16.6 Å². The van der Waals surface area contributed by atoms with Crippen molar-refractivity contribution in [2.45, 2.75) is 25.8 Å². The van der Waals surface area contributed by atoms with E-state index in [1.54, 1.807) is 6.07 Å². The molecule has 4 aromatic rings. The Balaban J connectivity index is 0.000000821. The van der Waals surface area contributed by atoms with E-state index in [9.17, 15) is 21.6 Å². The van der Waals surface area contributed by atoms with E-state index in [-0.39, 0.29) is 0 Å². The Morgan fingerprint density at radius 1 is 0.939 bits per heavy atom. The number of halogens is 3. The SMILES string of the molecule is CCC.C[n+]1c2c3c(cccc3c3cc(OS(=O)(=O)C(F)(F)F)ccc31)Oc1ccccc1-2. The Morgan fingerprint density at radius 3 is 2.30 bits per heavy atom. The minimum Gasteiger partial charge on any atom is -0.456 e. The molecule has 172 valence electrons. The number of alkyl halides is 3. The summed E-state index contributed by atoms with van der Waals surface area (Å²) in [4.78, 5) is 0. The van der Waals surface area contributed by atoms with Gasteiger partial charge in [-0.1, -0.05) is 44.5 Å². The van der Waals surface area contributed by atoms with Crippen LogP contribution in [0, 0.1) is 0 Å². The molecule has 0 atom stereocenters. The second-order valence-corrected chi connectivity index (χ2v) is 9.09. The van der Waals surface area contributed by atoms with Crippen LogP contribution in [0.2, 0.25) is 0 Å². The predicted octanol–water partition coefficient (Wildman–Crippen LogP) is 6.23. The summed E-state index contributed by atoms with van der Waals surface area (Å²) in [5, 5.41) is 2.03. The third-order valence-corrected chi connectivity index (χ3v) is 6.05. The van der Waals surface area contributed by atoms with Crippen LogP contribution in [-0.2, 0) is 17.2 Å². The fourth-order valence-corrected chi connectivity index (χ4v) is 4.26. The molecule has 1 aromatic heterocycles. The first-order valence-corrected chi connectivity index (χ1v) is 11.7. The quantitative estimate of drug-likeness (QED) is 0.131. The van der Waals surface area contributed by atoms with Crippen molar-refractivity contribution in [2.75, 3.05) is 0 Å². The zero-order chi connectivity index (χ0) is 24.0. The summed E-state index contributed by atoms with van der Waals surface area (Å²) in [6, 6.07) is 17.0. The molecule has 3 aromatic carbocycles. The maximum atomic E-state index is 12.7. The zero-order valence-corrected chi connectivity index (χ0v) is 18.9. The van der Waals surface area contributed by atoms with Crippen molar-refractivity contribution >= 4 is 31.8 Å². The summed E-state index contributed by atoms with van der Waals surface area (Å²) in [7, 11) is -3.93. The Hall–Kier alpha value is -3.33. The normalized spacial score (nSPS) is 12.5. The standard InChI is InChI=1S/C21H13F3NO4S.C3H8/c1-25-16-10-9-12(29-30(26,27)21(22,23)24)11-15(16)13-6-4-8-18-19(13)20(25)14-5-2-3-7-17(14)28-18;1-3-2/h2-11H,1H3;3H2,1-2H3/q+1;. The van der Waals surface area contributed by atoms with Crippen LogP contribution < -0.4 is 13.5 Å². The Kier molecular flexibility index (Phi) is 5.69. The van der Waals surface area contributed by atoms with Crippen LogP contribution in [0.15, 0.2) is 60.7 Å². The average Bonchev–Trinajstić information content (AvgIpc) is 2.75. The first-order valence-electron chi connectivity index (χ1n) is 10.3. The maximum Gasteiger partial charge on any atom is 0.534 e. The molecule has 1 aliphatic heterocycles. The molecular weight excluding hydrogens is 455 g/mol. The molecule has 0 bridgehead atoms. The number of rotatable bonds is 2. The van der Waals surface area contributed by atoms with Crippen molar-refractivity contribution < 1.29 is 35.1 Å². The number of ether oxygens (including phenoxy) is 1. The van der Waals surface area contributed by atoms with E-state index in [1.165, 1.54) is 24.6 Å². The highest BCUT2D eigenvalue weighted by molar-refractivity contribution is 7.88. The third-order valence-electron chi connectivity index (χ3n) is 5.07. The number of fused-ring (bicyclic) bond motifs is 4. The Bertz CT molecular complexity index is 1480. The van der Waals surface area contributed by atoms with Crippen molar-refractivity contribution in [1.82, 2.24) is 0 Å². The molecule has 0 fully saturated rings. The number of benzene rings is 3. The van der Waals surface area contributed by atoms with Gasteiger partial charge in [0.1, 0.15) is 24.3 Å². The molecule has 0 aliphatic carbocycles. The van der Waals surface area contributed by atoms with Crippen LogP contribution in [-0.4, -0.2) is 13.9 Å². The van der Waals surface area contributed by atoms with Crippen LogP contribution in [0.5, 0.6) is 17.2 Å². The van der Waals surface area contributed by atoms with Crippen LogP contribution in [0.25, 0.3) is 32.9 Å². The molecule has 0 radical (unpaired) electrons. The van der Waals surface area contributed by atoms with Crippen molar-refractivity contribution in [1.29, 1.82) is 0 Å². The topological polar surface area (TPSA) is 56.5 Å². The van der Waals surface area contributed by atoms with Crippen molar-refractivity contribution in [3.05, 3.63) is 60.7 Å². The van der Waals surface area contributed by atoms with Gasteiger partial charge in [0.25, 0.3) is 0 Å². The second kappa shape index (κ2) is 8.22. The predicted molar refractivity (Wildman–Crippen MR) is 120 cm³/mol. The Labute approximate surface area is 189 Å². The highest BCUT2D eigenvalue weighted by Crippen LogP contribution is 2.46. The molecule has 0 spiro atoms. The van der Waals surface area contributed by atoms with E-state index in [4.69, 9.17) is 4.74 Å². The molecule has 5 nitrogen and oxygen atoms in total. The van der Waals surface area contributed by atoms with Gasteiger partial charge in [0, 0.05) is 11.5 Å². The lowest BCUT2D eigenvalue weighted by Gasteiger charge is -2.20. The number of hydrogen-bond donors (Lipinski definition) is 0. The lowest BCUT2D eigenvalue weighted by molar-refractivity contribution is -0.632. The number of aryl methyl sites for hydroxylation is 1. The molecular formula is C24H21F3NO4S+. The lowest BCUT2D eigenvalue weighted by atomic mass is 9.96. The summed E-state index contributed by atoms with van der Waals surface area (Å²) in [5.74, 6) is 0.884. The molecule has 2 heterocycles. The van der Waals surface area contributed by atoms with Crippen molar-refractivity contribution in [2.24, 2.45) is 7.05 Å². The van der Waals surface area contributed by atoms with Crippen LogP contribution in [0.1, 0.15) is 20.3 Å². The van der Waals surface area contributed by atoms with Crippen LogP contribution >= 0.6 is 0 Å². The minimum atomic E-state index is -5.76. The summed E-state index contributed by atoms with van der Waals surface area (Å²) >= 11 is 0. The van der Waals surface area contributed by atoms with Gasteiger partial charge in [-0.2, -0.15) is 26.2 Å². The third kappa shape index (κ3) is 3.86. The second-order valence-electron chi connectivity index (χ2n) is 7.55. The fraction of sp³-hybridized carbons (Fsp3) is 0.208. The van der Waals surface area contributed by atoms with Gasteiger partial charge >= 0.3 is 15.6 Å². The van der Waals surface area contributed by atoms with E-state index >= 15 is 0 Å². The zero-order valence-electron chi connectivity index (χ0n) is 18.1. The summed E-state index contributed by atoms with van der Waals surface area (Å²) in [5.41, 5.74) is -3.04. The van der Waals surface area contributed by atoms with E-state index in [2.05, 4.69) is 18.0 Å². The van der Waals surface area contributed by atoms with E-state index in [0.29, 0.717) is 27.8 Å². The van der Waals surface area contributed by atoms with Gasteiger partial charge in [-0.05, 0) is 30.3 Å². The van der Waals surface area contributed by atoms with E-state index < -0.39 is 21.4 Å². The summed E-state index contributed by atoms with van der Waals surface area (Å²) in [6.45, 7) is 4.25. The average molecular weight is 476 g/mol. The molecule has 5 rings (SSSR count). The Morgan fingerprint density at radius 2 is 1.61 bits per heavy atom. The van der Waals surface area contributed by atoms with Crippen LogP contribution in [0.3, 0.4) is 0 Å². The molecule has 9 heteroatoms. The largest absolute Gasteiger partial charge is 0.534 e. The molecule has 0 saturated heterocycles. The molecule has 0 saturated carbocycles. The maximum absolute atomic E-state index is 12.7. The fourth-order valence-electron chi connectivity index (χ4n) is 3.81. The molecule has 0 N–H and O–H groups in total. The molecule has 0 amide bonds. The lowest BCUT2D eigenvalue weighted by Crippen LogP contribution is -2.33. The van der Waals surface area contributed by atoms with Crippen LogP contribution in [0.4, 0.5) is 13.2 Å². The number of aromatic nitrogens is 1. The number of para-hydroxylation sites is 1. The van der Waals surface area contributed by atoms with Gasteiger partial charge in [0.2, 0.25) is 11.2 Å². The van der Waals surface area contributed by atoms with Gasteiger partial charge in [-0.3, -0.25) is 0 Å². The minimum absolute atomic E-state index is 0.419. The smallest absolute Gasteiger partial charge is 0.456 e. The first-order chi connectivity index (χ1) is 15.6. The van der Waals surface area contributed by atoms with Crippen molar-refractivity contribution in [3.63, 3.8) is 0 Å². The van der Waals surface area contributed by atoms with E-state index in [1.807, 2.05) is 48.0 Å². The molecule has 33 heavy (non-hydrogen) atoms. The van der Waals surface area contributed by atoms with Gasteiger partial charge in [0.15, 0.2) is 0 Å². The molecule has 0 unspecified atom stereocenters. The van der Waals surface area contributed by atoms with Crippen molar-refractivity contribution in [3.8, 4) is 28.5 Å². The number of hydrogen-bond acceptors (Lipinski definition) is 4. The van der Waals surface area contributed by atoms with Gasteiger partial charge in [-0.25, -0.2) is 0 Å². The van der Waals surface area contributed by atoms with Gasteiger partial charge < -0.3 is 8.92 Å².